The summed E-state index contributed by atoms with van der Waals surface area (Å²) in [5.41, 5.74) is 4.70. The lowest BCUT2D eigenvalue weighted by atomic mass is 10.2. The van der Waals surface area contributed by atoms with Gasteiger partial charge in [-0.3, -0.25) is 4.79 Å². The molecule has 0 aliphatic rings. The molecule has 0 aliphatic heterocycles. The Kier molecular flexibility index (Phi) is 7.27. The fourth-order valence-corrected chi connectivity index (χ4v) is 2.94. The standard InChI is InChI=1S/C22H18BrClN2O3/c1-28-20-10-7-16(11-21(20)29-14-15-5-8-18(23)9-6-15)13-25-26-22(27)17-3-2-4-19(24)12-17/h2-13H,14H2,1H3,(H,26,27)/b25-13-. The summed E-state index contributed by atoms with van der Waals surface area (Å²) in [6.45, 7) is 0.399. The Balaban J connectivity index is 1.66. The molecule has 0 spiro atoms. The van der Waals surface area contributed by atoms with Crippen molar-refractivity contribution in [2.24, 2.45) is 5.10 Å². The molecule has 1 amide bonds. The van der Waals surface area contributed by atoms with Crippen molar-refractivity contribution >= 4 is 39.7 Å². The highest BCUT2D eigenvalue weighted by atomic mass is 79.9. The second-order valence-corrected chi connectivity index (χ2v) is 7.39. The molecular weight excluding hydrogens is 456 g/mol. The van der Waals surface area contributed by atoms with Crippen molar-refractivity contribution in [1.82, 2.24) is 5.43 Å². The Hall–Kier alpha value is -2.83. The number of methoxy groups -OCH3 is 1. The Morgan fingerprint density at radius 2 is 1.90 bits per heavy atom. The first-order chi connectivity index (χ1) is 14.0. The van der Waals surface area contributed by atoms with Gasteiger partial charge in [0.1, 0.15) is 6.61 Å². The average molecular weight is 474 g/mol. The third-order valence-electron chi connectivity index (χ3n) is 3.96. The average Bonchev–Trinajstić information content (AvgIpc) is 2.73. The quantitative estimate of drug-likeness (QED) is 0.366. The number of hydrogen-bond acceptors (Lipinski definition) is 4. The van der Waals surface area contributed by atoms with Crippen LogP contribution >= 0.6 is 27.5 Å². The number of halogens is 2. The minimum Gasteiger partial charge on any atom is -0.493 e. The van der Waals surface area contributed by atoms with Crippen molar-refractivity contribution < 1.29 is 14.3 Å². The van der Waals surface area contributed by atoms with Gasteiger partial charge in [-0.1, -0.05) is 45.7 Å². The van der Waals surface area contributed by atoms with Crippen LogP contribution in [0.1, 0.15) is 21.5 Å². The molecule has 0 aromatic heterocycles. The topological polar surface area (TPSA) is 59.9 Å². The van der Waals surface area contributed by atoms with Crippen LogP contribution in [0.4, 0.5) is 0 Å². The number of carbonyl (C=O) groups is 1. The Labute approximate surface area is 182 Å². The van der Waals surface area contributed by atoms with Crippen LogP contribution in [-0.4, -0.2) is 19.2 Å². The highest BCUT2D eigenvalue weighted by Gasteiger charge is 2.07. The van der Waals surface area contributed by atoms with Crippen LogP contribution in [0.25, 0.3) is 0 Å². The van der Waals surface area contributed by atoms with Gasteiger partial charge in [0.25, 0.3) is 5.91 Å². The van der Waals surface area contributed by atoms with E-state index in [0.29, 0.717) is 28.7 Å². The number of benzene rings is 3. The summed E-state index contributed by atoms with van der Waals surface area (Å²) in [6, 6.07) is 19.9. The molecule has 0 unspecified atom stereocenters. The number of amides is 1. The summed E-state index contributed by atoms with van der Waals surface area (Å²) in [5.74, 6) is 0.853. The van der Waals surface area contributed by atoms with Gasteiger partial charge in [-0.05, 0) is 59.7 Å². The van der Waals surface area contributed by atoms with E-state index in [1.165, 1.54) is 6.21 Å². The fourth-order valence-electron chi connectivity index (χ4n) is 2.49. The normalized spacial score (nSPS) is 10.7. The first kappa shape index (κ1) is 20.9. The number of ether oxygens (including phenoxy) is 2. The van der Waals surface area contributed by atoms with E-state index < -0.39 is 0 Å². The molecule has 1 N–H and O–H groups in total. The highest BCUT2D eigenvalue weighted by Crippen LogP contribution is 2.28. The van der Waals surface area contributed by atoms with E-state index in [4.69, 9.17) is 21.1 Å². The van der Waals surface area contributed by atoms with Crippen molar-refractivity contribution in [3.63, 3.8) is 0 Å². The maximum atomic E-state index is 12.1. The lowest BCUT2D eigenvalue weighted by Crippen LogP contribution is -2.17. The number of hydrazone groups is 1. The smallest absolute Gasteiger partial charge is 0.271 e. The maximum absolute atomic E-state index is 12.1. The molecule has 3 aromatic rings. The van der Waals surface area contributed by atoms with Gasteiger partial charge in [-0.2, -0.15) is 5.10 Å². The molecule has 29 heavy (non-hydrogen) atoms. The van der Waals surface area contributed by atoms with Gasteiger partial charge in [0, 0.05) is 15.1 Å². The molecule has 7 heteroatoms. The summed E-state index contributed by atoms with van der Waals surface area (Å²) < 4.78 is 12.3. The molecule has 0 atom stereocenters. The van der Waals surface area contributed by atoms with Crippen LogP contribution in [0, 0.1) is 0 Å². The zero-order chi connectivity index (χ0) is 20.6. The second kappa shape index (κ2) is 10.1. The molecule has 0 saturated heterocycles. The van der Waals surface area contributed by atoms with Gasteiger partial charge < -0.3 is 9.47 Å². The van der Waals surface area contributed by atoms with E-state index in [2.05, 4.69) is 26.5 Å². The zero-order valence-corrected chi connectivity index (χ0v) is 17.9. The van der Waals surface area contributed by atoms with Crippen LogP contribution in [0.5, 0.6) is 11.5 Å². The minimum atomic E-state index is -0.344. The highest BCUT2D eigenvalue weighted by molar-refractivity contribution is 9.10. The molecule has 0 fully saturated rings. The Bertz CT molecular complexity index is 1020. The number of nitrogens with one attached hydrogen (secondary N) is 1. The van der Waals surface area contributed by atoms with Crippen molar-refractivity contribution in [1.29, 1.82) is 0 Å². The largest absolute Gasteiger partial charge is 0.493 e. The first-order valence-corrected chi connectivity index (χ1v) is 9.86. The van der Waals surface area contributed by atoms with Crippen molar-refractivity contribution in [2.45, 2.75) is 6.61 Å². The van der Waals surface area contributed by atoms with Gasteiger partial charge >= 0.3 is 0 Å². The van der Waals surface area contributed by atoms with Gasteiger partial charge in [0.15, 0.2) is 11.5 Å². The SMILES string of the molecule is COc1ccc(/C=N\NC(=O)c2cccc(Cl)c2)cc1OCc1ccc(Br)cc1. The van der Waals surface area contributed by atoms with Gasteiger partial charge in [-0.25, -0.2) is 5.43 Å². The van der Waals surface area contributed by atoms with E-state index in [0.717, 1.165) is 15.6 Å². The third kappa shape index (κ3) is 6.07. The molecule has 0 heterocycles. The summed E-state index contributed by atoms with van der Waals surface area (Å²) in [5, 5.41) is 4.49. The zero-order valence-electron chi connectivity index (χ0n) is 15.6. The van der Waals surface area contributed by atoms with Crippen molar-refractivity contribution in [2.75, 3.05) is 7.11 Å². The number of nitrogens with zero attached hydrogens (tertiary/aromatic N) is 1. The van der Waals surface area contributed by atoms with E-state index in [-0.39, 0.29) is 5.91 Å². The lowest BCUT2D eigenvalue weighted by Gasteiger charge is -2.11. The number of carbonyl (C=O) groups excluding carboxylic acids is 1. The monoisotopic (exact) mass is 472 g/mol. The molecule has 0 bridgehead atoms. The second-order valence-electron chi connectivity index (χ2n) is 6.03. The van der Waals surface area contributed by atoms with Crippen LogP contribution in [0.2, 0.25) is 5.02 Å². The summed E-state index contributed by atoms with van der Waals surface area (Å²) in [7, 11) is 1.58. The fraction of sp³-hybridized carbons (Fsp3) is 0.0909. The molecular formula is C22H18BrClN2O3. The molecule has 3 aromatic carbocycles. The summed E-state index contributed by atoms with van der Waals surface area (Å²) in [6.07, 6.45) is 1.54. The molecule has 3 rings (SSSR count). The summed E-state index contributed by atoms with van der Waals surface area (Å²) >= 11 is 9.31. The van der Waals surface area contributed by atoms with Crippen LogP contribution in [0.3, 0.4) is 0 Å². The third-order valence-corrected chi connectivity index (χ3v) is 4.73. The maximum Gasteiger partial charge on any atom is 0.271 e. The minimum absolute atomic E-state index is 0.344. The van der Waals surface area contributed by atoms with Crippen LogP contribution < -0.4 is 14.9 Å². The van der Waals surface area contributed by atoms with Gasteiger partial charge in [-0.15, -0.1) is 0 Å². The van der Waals surface area contributed by atoms with Crippen LogP contribution in [0.15, 0.2) is 76.3 Å². The first-order valence-electron chi connectivity index (χ1n) is 8.69. The van der Waals surface area contributed by atoms with Gasteiger partial charge in [0.05, 0.1) is 13.3 Å². The number of hydrogen-bond donors (Lipinski definition) is 1. The Morgan fingerprint density at radius 1 is 1.10 bits per heavy atom. The van der Waals surface area contributed by atoms with Crippen molar-refractivity contribution in [3.8, 4) is 11.5 Å². The Morgan fingerprint density at radius 3 is 2.62 bits per heavy atom. The molecule has 0 saturated carbocycles. The lowest BCUT2D eigenvalue weighted by molar-refractivity contribution is 0.0955. The van der Waals surface area contributed by atoms with E-state index in [9.17, 15) is 4.79 Å². The molecule has 148 valence electrons. The summed E-state index contributed by atoms with van der Waals surface area (Å²) in [4.78, 5) is 12.1. The molecule has 0 radical (unpaired) electrons. The van der Waals surface area contributed by atoms with Crippen molar-refractivity contribution in [3.05, 3.63) is 92.9 Å². The predicted octanol–water partition coefficient (Wildman–Crippen LogP) is 5.45. The molecule has 5 nitrogen and oxygen atoms in total. The van der Waals surface area contributed by atoms with E-state index in [1.54, 1.807) is 43.5 Å². The van der Waals surface area contributed by atoms with E-state index >= 15 is 0 Å². The van der Waals surface area contributed by atoms with Gasteiger partial charge in [0.2, 0.25) is 0 Å². The predicted molar refractivity (Wildman–Crippen MR) is 118 cm³/mol. The van der Waals surface area contributed by atoms with Crippen LogP contribution in [-0.2, 0) is 6.61 Å². The molecule has 0 aliphatic carbocycles. The van der Waals surface area contributed by atoms with E-state index in [1.807, 2.05) is 30.3 Å². The number of rotatable bonds is 7.